The number of anilines is 1. The average molecular weight is 382 g/mol. The Kier molecular flexibility index (Phi) is 5.35. The first-order valence-electron chi connectivity index (χ1n) is 8.45. The molecule has 0 fully saturated rings. The second-order valence-corrected chi connectivity index (χ2v) is 5.83. The lowest BCUT2D eigenvalue weighted by atomic mass is 10.1. The summed E-state index contributed by atoms with van der Waals surface area (Å²) in [6.45, 7) is 3.22. The maximum atomic E-state index is 12.3. The molecule has 0 spiro atoms. The number of allylic oxidation sites excluding steroid dienone is 1. The van der Waals surface area contributed by atoms with Crippen molar-refractivity contribution in [3.8, 4) is 0 Å². The highest BCUT2D eigenvalue weighted by atomic mass is 16.5. The molecule has 0 bridgehead atoms. The number of rotatable bonds is 5. The second-order valence-electron chi connectivity index (χ2n) is 5.83. The summed E-state index contributed by atoms with van der Waals surface area (Å²) in [5.74, 6) is -0.627. The molecule has 144 valence electrons. The fourth-order valence-corrected chi connectivity index (χ4v) is 2.81. The zero-order valence-electron chi connectivity index (χ0n) is 15.5. The highest BCUT2D eigenvalue weighted by Crippen LogP contribution is 2.29. The molecule has 0 atom stereocenters. The Hall–Kier alpha value is -3.75. The number of amides is 2. The summed E-state index contributed by atoms with van der Waals surface area (Å²) in [6.07, 6.45) is 3.37. The Morgan fingerprint density at radius 1 is 1.32 bits per heavy atom. The van der Waals surface area contributed by atoms with E-state index < -0.39 is 6.09 Å². The van der Waals surface area contributed by atoms with E-state index in [1.807, 2.05) is 0 Å². The van der Waals surface area contributed by atoms with Crippen molar-refractivity contribution >= 4 is 45.3 Å². The lowest BCUT2D eigenvalue weighted by Crippen LogP contribution is -2.14. The van der Waals surface area contributed by atoms with Gasteiger partial charge in [0.15, 0.2) is 0 Å². The number of pyridine rings is 1. The third-order valence-electron chi connectivity index (χ3n) is 3.87. The highest BCUT2D eigenvalue weighted by molar-refractivity contribution is 6.16. The Balaban J connectivity index is 2.30. The van der Waals surface area contributed by atoms with Crippen molar-refractivity contribution in [1.29, 1.82) is 0 Å². The van der Waals surface area contributed by atoms with E-state index in [1.54, 1.807) is 19.2 Å². The molecule has 1 aromatic carbocycles. The van der Waals surface area contributed by atoms with Crippen LogP contribution in [0.3, 0.4) is 0 Å². The normalized spacial score (nSPS) is 12.0. The van der Waals surface area contributed by atoms with Crippen molar-refractivity contribution < 1.29 is 23.9 Å². The molecule has 2 heterocycles. The van der Waals surface area contributed by atoms with E-state index >= 15 is 0 Å². The minimum absolute atomic E-state index is 0.187. The van der Waals surface area contributed by atoms with E-state index in [-0.39, 0.29) is 29.3 Å². The van der Waals surface area contributed by atoms with Gasteiger partial charge in [0.25, 0.3) is 0 Å². The van der Waals surface area contributed by atoms with Crippen LogP contribution < -0.4 is 10.7 Å². The number of ether oxygens (including phenoxy) is 2. The first-order valence-corrected chi connectivity index (χ1v) is 8.45. The van der Waals surface area contributed by atoms with Crippen molar-refractivity contribution in [2.45, 2.75) is 13.8 Å². The molecule has 9 nitrogen and oxygen atoms in total. The van der Waals surface area contributed by atoms with Crippen LogP contribution in [-0.4, -0.2) is 41.5 Å². The number of hydrogen-bond acceptors (Lipinski definition) is 6. The maximum Gasteiger partial charge on any atom is 0.434 e. The molecule has 0 aliphatic carbocycles. The van der Waals surface area contributed by atoms with Gasteiger partial charge in [-0.05, 0) is 19.1 Å². The van der Waals surface area contributed by atoms with Gasteiger partial charge in [-0.3, -0.25) is 14.6 Å². The van der Waals surface area contributed by atoms with Gasteiger partial charge in [0.05, 0.1) is 47.8 Å². The van der Waals surface area contributed by atoms with E-state index in [1.165, 1.54) is 32.4 Å². The largest absolute Gasteiger partial charge is 0.504 e. The Morgan fingerprint density at radius 2 is 2.11 bits per heavy atom. The minimum Gasteiger partial charge on any atom is -0.504 e. The third kappa shape index (κ3) is 3.68. The zero-order chi connectivity index (χ0) is 20.3. The number of carbonyl (C=O) groups is 3. The van der Waals surface area contributed by atoms with Crippen molar-refractivity contribution in [3.05, 3.63) is 41.7 Å². The van der Waals surface area contributed by atoms with Crippen LogP contribution in [0.1, 0.15) is 24.3 Å². The Labute approximate surface area is 159 Å². The molecule has 2 aromatic heterocycles. The predicted molar refractivity (Wildman–Crippen MR) is 102 cm³/mol. The van der Waals surface area contributed by atoms with Gasteiger partial charge in [-0.15, -0.1) is 0 Å². The molecule has 0 aliphatic rings. The number of carbonyl (C=O) groups excluding carboxylic acids is 3. The van der Waals surface area contributed by atoms with Crippen molar-refractivity contribution in [1.82, 2.24) is 9.97 Å². The molecule has 0 saturated carbocycles. The first-order chi connectivity index (χ1) is 13.4. The number of hydrogen-bond donors (Lipinski definition) is 2. The number of ketones is 1. The number of nitrogens with zero attached hydrogens (tertiary/aromatic N) is 2. The van der Waals surface area contributed by atoms with Gasteiger partial charge < -0.3 is 19.8 Å². The summed E-state index contributed by atoms with van der Waals surface area (Å²) in [4.78, 5) is 47.1. The predicted octanol–water partition coefficient (Wildman–Crippen LogP) is 2.51. The van der Waals surface area contributed by atoms with Gasteiger partial charge >= 0.3 is 6.09 Å². The second kappa shape index (κ2) is 7.87. The monoisotopic (exact) mass is 382 g/mol. The van der Waals surface area contributed by atoms with Crippen LogP contribution in [-0.2, 0) is 14.3 Å². The van der Waals surface area contributed by atoms with Gasteiger partial charge in [-0.25, -0.2) is 4.79 Å². The summed E-state index contributed by atoms with van der Waals surface area (Å²) >= 11 is 0. The fraction of sp³-hybridized carbons (Fsp3) is 0.211. The van der Waals surface area contributed by atoms with Crippen LogP contribution in [0.15, 0.2) is 35.7 Å². The number of aromatic amines is 1. The zero-order valence-corrected chi connectivity index (χ0v) is 15.5. The van der Waals surface area contributed by atoms with Crippen molar-refractivity contribution in [3.63, 3.8) is 0 Å². The van der Waals surface area contributed by atoms with Crippen molar-refractivity contribution in [2.24, 2.45) is 4.99 Å². The van der Waals surface area contributed by atoms with E-state index in [2.05, 4.69) is 20.3 Å². The van der Waals surface area contributed by atoms with E-state index in [4.69, 9.17) is 9.47 Å². The first kappa shape index (κ1) is 19.0. The van der Waals surface area contributed by atoms with Gasteiger partial charge in [-0.2, -0.15) is 4.99 Å². The third-order valence-corrected chi connectivity index (χ3v) is 3.87. The van der Waals surface area contributed by atoms with E-state index in [0.29, 0.717) is 27.5 Å². The SMILES string of the molecule is CCOC(=O)/N=c1/cc(NC(C)=O)c2[nH]c(C(=O)/C=C\OC)cc3cnc1c32. The number of benzene rings is 1. The highest BCUT2D eigenvalue weighted by Gasteiger charge is 2.17. The molecule has 0 radical (unpaired) electrons. The maximum absolute atomic E-state index is 12.3. The molecule has 28 heavy (non-hydrogen) atoms. The van der Waals surface area contributed by atoms with E-state index in [9.17, 15) is 14.4 Å². The summed E-state index contributed by atoms with van der Waals surface area (Å²) < 4.78 is 9.65. The van der Waals surface area contributed by atoms with Crippen molar-refractivity contribution in [2.75, 3.05) is 19.0 Å². The van der Waals surface area contributed by atoms with Crippen LogP contribution in [0.2, 0.25) is 0 Å². The van der Waals surface area contributed by atoms with Gasteiger partial charge in [-0.1, -0.05) is 0 Å². The molecule has 0 saturated heterocycles. The average Bonchev–Trinajstić information content (AvgIpc) is 3.07. The molecule has 0 unspecified atom stereocenters. The number of H-pyrrole nitrogens is 1. The van der Waals surface area contributed by atoms with Gasteiger partial charge in [0, 0.05) is 30.0 Å². The lowest BCUT2D eigenvalue weighted by Gasteiger charge is -2.10. The summed E-state index contributed by atoms with van der Waals surface area (Å²) in [5, 5.41) is 4.25. The van der Waals surface area contributed by atoms with Gasteiger partial charge in [0.2, 0.25) is 11.7 Å². The van der Waals surface area contributed by atoms with Gasteiger partial charge in [0.1, 0.15) is 0 Å². The van der Waals surface area contributed by atoms with Crippen LogP contribution in [0.4, 0.5) is 10.5 Å². The number of methoxy groups -OCH3 is 1. The Bertz CT molecular complexity index is 1160. The molecular formula is C19H18N4O5. The molecule has 2 N–H and O–H groups in total. The quantitative estimate of drug-likeness (QED) is 0.397. The molecular weight excluding hydrogens is 364 g/mol. The summed E-state index contributed by atoms with van der Waals surface area (Å²) in [6, 6.07) is 3.15. The van der Waals surface area contributed by atoms with Crippen LogP contribution in [0.25, 0.3) is 21.8 Å². The number of nitrogens with one attached hydrogen (secondary N) is 2. The van der Waals surface area contributed by atoms with E-state index in [0.717, 1.165) is 0 Å². The minimum atomic E-state index is -0.754. The topological polar surface area (TPSA) is 123 Å². The Morgan fingerprint density at radius 3 is 2.79 bits per heavy atom. The lowest BCUT2D eigenvalue weighted by molar-refractivity contribution is -0.114. The summed E-state index contributed by atoms with van der Waals surface area (Å²) in [5.41, 5.74) is 1.61. The fourth-order valence-electron chi connectivity index (χ4n) is 2.81. The van der Waals surface area contributed by atoms with Crippen LogP contribution in [0.5, 0.6) is 0 Å². The van der Waals surface area contributed by atoms with Crippen LogP contribution in [0, 0.1) is 0 Å². The van der Waals surface area contributed by atoms with Crippen LogP contribution >= 0.6 is 0 Å². The molecule has 9 heteroatoms. The number of aromatic nitrogens is 2. The smallest absolute Gasteiger partial charge is 0.434 e. The molecule has 0 aliphatic heterocycles. The molecule has 3 rings (SSSR count). The molecule has 3 aromatic rings. The summed E-state index contributed by atoms with van der Waals surface area (Å²) in [7, 11) is 1.44. The molecule has 2 amide bonds. The standard InChI is InChI=1S/C19H18N4O5/c1-4-28-19(26)23-13-8-14(21-10(2)24)18-16-11(9-20-17(13)16)7-12(22-18)15(25)5-6-27-3/h5-9,22H,4H2,1-3H3,(H,21,24)/b6-5-,23-13-.